The highest BCUT2D eigenvalue weighted by Gasteiger charge is 2.76. The van der Waals surface area contributed by atoms with E-state index >= 15 is 0 Å². The van der Waals surface area contributed by atoms with Crippen LogP contribution in [0.25, 0.3) is 0 Å². The van der Waals surface area contributed by atoms with E-state index in [9.17, 15) is 40.5 Å². The minimum atomic E-state index is -1.80. The largest absolute Gasteiger partial charge is 0.481 e. The fourth-order valence-corrected chi connectivity index (χ4v) is 10.9. The lowest BCUT2D eigenvalue weighted by atomic mass is 9.32. The van der Waals surface area contributed by atoms with Crippen LogP contribution < -0.4 is 0 Å². The Morgan fingerprint density at radius 1 is 0.868 bits per heavy atom. The van der Waals surface area contributed by atoms with Gasteiger partial charge in [-0.2, -0.15) is 0 Å². The monoisotopic (exact) mass is 536 g/mol. The van der Waals surface area contributed by atoms with Gasteiger partial charge in [-0.1, -0.05) is 46.3 Å². The number of aliphatic carboxylic acids is 1. The molecule has 0 saturated heterocycles. The lowest BCUT2D eigenvalue weighted by Gasteiger charge is -2.73. The first kappa shape index (κ1) is 28.5. The van der Waals surface area contributed by atoms with Crippen LogP contribution in [-0.4, -0.2) is 77.3 Å². The SMILES string of the molecule is CC1(C)[C@@H](O)[C@H](O)[C@H](O)[C@]2(C)[C@H]3CC=C4[C@H]5[C@](C(=O)O)(CC[C@](C)(O)[C@@]5(C)O)[C@H](O)C[C@@]4(C)[C@]3(C)CC[C@@H]12. The van der Waals surface area contributed by atoms with E-state index in [-0.39, 0.29) is 31.1 Å². The van der Waals surface area contributed by atoms with Crippen LogP contribution in [0.3, 0.4) is 0 Å². The molecule has 0 spiro atoms. The molecular weight excluding hydrogens is 488 g/mol. The molecule has 7 N–H and O–H groups in total. The first-order valence-corrected chi connectivity index (χ1v) is 14.3. The van der Waals surface area contributed by atoms with Crippen molar-refractivity contribution in [3.63, 3.8) is 0 Å². The Morgan fingerprint density at radius 2 is 1.47 bits per heavy atom. The summed E-state index contributed by atoms with van der Waals surface area (Å²) in [5.74, 6) is -2.34. The standard InChI is InChI=1S/C30H48O8/c1-24(2)16-10-11-25(3)17(28(16,6)22(34)19(32)21(24)33)9-8-15-20-29(7,38)27(5,37)12-13-30(20,23(35)36)18(31)14-26(15,25)4/h8,16-22,31-34,37-38H,9-14H2,1-7H3,(H,35,36)/t16-,17-,18+,19-,20+,21-,22-,25+,26+,27-,28-,29-,30-/m0/s1. The van der Waals surface area contributed by atoms with Gasteiger partial charge in [-0.05, 0) is 80.5 Å². The van der Waals surface area contributed by atoms with Crippen molar-refractivity contribution in [1.29, 1.82) is 0 Å². The number of carboxylic acid groups (broad SMARTS) is 1. The molecule has 5 aliphatic carbocycles. The van der Waals surface area contributed by atoms with Gasteiger partial charge >= 0.3 is 5.97 Å². The Labute approximate surface area is 225 Å². The third kappa shape index (κ3) is 2.90. The summed E-state index contributed by atoms with van der Waals surface area (Å²) in [5.41, 5.74) is -6.78. The summed E-state index contributed by atoms with van der Waals surface area (Å²) < 4.78 is 0. The van der Waals surface area contributed by atoms with Gasteiger partial charge in [-0.25, -0.2) is 0 Å². The van der Waals surface area contributed by atoms with Crippen LogP contribution in [0.2, 0.25) is 0 Å². The van der Waals surface area contributed by atoms with Crippen LogP contribution in [0.1, 0.15) is 87.0 Å². The van der Waals surface area contributed by atoms with Crippen LogP contribution in [0.5, 0.6) is 0 Å². The molecule has 38 heavy (non-hydrogen) atoms. The molecule has 0 aromatic heterocycles. The van der Waals surface area contributed by atoms with E-state index in [0.717, 1.165) is 12.0 Å². The first-order chi connectivity index (χ1) is 17.2. The number of carboxylic acids is 1. The molecule has 5 aliphatic rings. The van der Waals surface area contributed by atoms with Gasteiger partial charge in [0.1, 0.15) is 11.5 Å². The van der Waals surface area contributed by atoms with Crippen molar-refractivity contribution < 1.29 is 40.5 Å². The third-order valence-electron chi connectivity index (χ3n) is 13.7. The number of aliphatic hydroxyl groups is 6. The number of fused-ring (bicyclic) bond motifs is 7. The number of carbonyl (C=O) groups is 1. The second-order valence-corrected chi connectivity index (χ2v) is 15.3. The molecule has 0 bridgehead atoms. The van der Waals surface area contributed by atoms with E-state index in [0.29, 0.717) is 12.8 Å². The Kier molecular flexibility index (Phi) is 5.87. The van der Waals surface area contributed by atoms with Crippen molar-refractivity contribution >= 4 is 5.97 Å². The molecule has 216 valence electrons. The van der Waals surface area contributed by atoms with E-state index < -0.39 is 74.6 Å². The van der Waals surface area contributed by atoms with Crippen molar-refractivity contribution in [2.45, 2.75) is 123 Å². The van der Waals surface area contributed by atoms with Crippen molar-refractivity contribution in [2.24, 2.45) is 44.8 Å². The molecule has 13 atom stereocenters. The maximum Gasteiger partial charge on any atom is 0.313 e. The zero-order valence-corrected chi connectivity index (χ0v) is 23.9. The fraction of sp³-hybridized carbons (Fsp3) is 0.900. The summed E-state index contributed by atoms with van der Waals surface area (Å²) in [6.07, 6.45) is -0.492. The van der Waals surface area contributed by atoms with Crippen molar-refractivity contribution in [3.8, 4) is 0 Å². The molecule has 4 saturated carbocycles. The summed E-state index contributed by atoms with van der Waals surface area (Å²) in [5, 5.41) is 78.9. The van der Waals surface area contributed by atoms with Crippen LogP contribution >= 0.6 is 0 Å². The van der Waals surface area contributed by atoms with Gasteiger partial charge in [-0.15, -0.1) is 0 Å². The quantitative estimate of drug-likeness (QED) is 0.251. The molecule has 0 radical (unpaired) electrons. The second-order valence-electron chi connectivity index (χ2n) is 15.3. The molecule has 0 unspecified atom stereocenters. The fourth-order valence-electron chi connectivity index (χ4n) is 10.9. The molecule has 8 heteroatoms. The lowest BCUT2D eigenvalue weighted by molar-refractivity contribution is -0.289. The average molecular weight is 537 g/mol. The summed E-state index contributed by atoms with van der Waals surface area (Å²) in [7, 11) is 0. The van der Waals surface area contributed by atoms with E-state index in [1.54, 1.807) is 6.92 Å². The molecule has 0 amide bonds. The topological polar surface area (TPSA) is 159 Å². The average Bonchev–Trinajstić information content (AvgIpc) is 2.79. The highest BCUT2D eigenvalue weighted by Crippen LogP contribution is 2.76. The lowest BCUT2D eigenvalue weighted by Crippen LogP contribution is -2.75. The molecule has 8 nitrogen and oxygen atoms in total. The van der Waals surface area contributed by atoms with Gasteiger partial charge in [0.15, 0.2) is 0 Å². The van der Waals surface area contributed by atoms with Crippen LogP contribution in [0, 0.1) is 44.8 Å². The molecule has 0 aromatic carbocycles. The van der Waals surface area contributed by atoms with Crippen molar-refractivity contribution in [3.05, 3.63) is 11.6 Å². The normalized spacial score (nSPS) is 59.5. The van der Waals surface area contributed by atoms with E-state index in [1.165, 1.54) is 6.92 Å². The second kappa shape index (κ2) is 7.83. The van der Waals surface area contributed by atoms with Gasteiger partial charge < -0.3 is 35.7 Å². The number of hydrogen-bond donors (Lipinski definition) is 7. The van der Waals surface area contributed by atoms with Crippen LogP contribution in [-0.2, 0) is 4.79 Å². The minimum Gasteiger partial charge on any atom is -0.481 e. The third-order valence-corrected chi connectivity index (χ3v) is 13.7. The number of rotatable bonds is 1. The smallest absolute Gasteiger partial charge is 0.313 e. The summed E-state index contributed by atoms with van der Waals surface area (Å²) in [6.45, 7) is 13.2. The number of aliphatic hydroxyl groups excluding tert-OH is 4. The summed E-state index contributed by atoms with van der Waals surface area (Å²) in [6, 6.07) is 0. The number of hydrogen-bond acceptors (Lipinski definition) is 7. The van der Waals surface area contributed by atoms with E-state index in [4.69, 9.17) is 0 Å². The highest BCUT2D eigenvalue weighted by atomic mass is 16.4. The van der Waals surface area contributed by atoms with Crippen LogP contribution in [0.4, 0.5) is 0 Å². The molecule has 5 rings (SSSR count). The Balaban J connectivity index is 1.71. The molecule has 4 fully saturated rings. The molecule has 0 aromatic rings. The van der Waals surface area contributed by atoms with Gasteiger partial charge in [0.05, 0.1) is 29.5 Å². The molecular formula is C30H48O8. The summed E-state index contributed by atoms with van der Waals surface area (Å²) >= 11 is 0. The van der Waals surface area contributed by atoms with Gasteiger partial charge in [0.2, 0.25) is 0 Å². The minimum absolute atomic E-state index is 0.0572. The summed E-state index contributed by atoms with van der Waals surface area (Å²) in [4.78, 5) is 12.9. The Morgan fingerprint density at radius 3 is 2.05 bits per heavy atom. The highest BCUT2D eigenvalue weighted by molar-refractivity contribution is 5.78. The van der Waals surface area contributed by atoms with E-state index in [1.807, 2.05) is 26.8 Å². The maximum atomic E-state index is 12.9. The maximum absolute atomic E-state index is 12.9. The van der Waals surface area contributed by atoms with Gasteiger partial charge in [0.25, 0.3) is 0 Å². The zero-order valence-electron chi connectivity index (χ0n) is 23.9. The molecule has 0 heterocycles. The predicted octanol–water partition coefficient (Wildman–Crippen LogP) is 2.23. The predicted molar refractivity (Wildman–Crippen MR) is 140 cm³/mol. The van der Waals surface area contributed by atoms with Crippen molar-refractivity contribution in [1.82, 2.24) is 0 Å². The number of allylic oxidation sites excluding steroid dienone is 1. The van der Waals surface area contributed by atoms with Crippen LogP contribution in [0.15, 0.2) is 11.6 Å². The Hall–Kier alpha value is -1.03. The van der Waals surface area contributed by atoms with Gasteiger partial charge in [-0.3, -0.25) is 4.79 Å². The van der Waals surface area contributed by atoms with E-state index in [2.05, 4.69) is 13.8 Å². The first-order valence-electron chi connectivity index (χ1n) is 14.3. The Bertz CT molecular complexity index is 1060. The zero-order chi connectivity index (χ0) is 28.6. The van der Waals surface area contributed by atoms with Gasteiger partial charge in [0, 0.05) is 11.3 Å². The molecule has 0 aliphatic heterocycles. The van der Waals surface area contributed by atoms with Crippen molar-refractivity contribution in [2.75, 3.05) is 0 Å².